The molecule has 4 rings (SSSR count). The molecule has 1 saturated heterocycles. The summed E-state index contributed by atoms with van der Waals surface area (Å²) in [7, 11) is 0. The molecule has 1 aromatic heterocycles. The quantitative estimate of drug-likeness (QED) is 0.572. The second-order valence-electron chi connectivity index (χ2n) is 7.97. The van der Waals surface area contributed by atoms with E-state index in [4.69, 9.17) is 0 Å². The number of aromatic nitrogens is 2. The molecule has 3 aromatic rings. The number of carbonyl (C=O) groups excluding carboxylic acids is 1. The van der Waals surface area contributed by atoms with Crippen LogP contribution in [-0.2, 0) is 11.3 Å². The number of thioether (sulfide) groups is 1. The van der Waals surface area contributed by atoms with Gasteiger partial charge in [-0.05, 0) is 49.3 Å². The first-order valence-corrected chi connectivity index (χ1v) is 11.9. The summed E-state index contributed by atoms with van der Waals surface area (Å²) in [5.41, 5.74) is 4.50. The molecular weight excluding hydrogens is 404 g/mol. The normalized spacial score (nSPS) is 14.5. The van der Waals surface area contributed by atoms with Crippen LogP contribution in [0.2, 0.25) is 0 Å². The fourth-order valence-corrected chi connectivity index (χ4v) is 4.29. The van der Waals surface area contributed by atoms with Gasteiger partial charge in [0.05, 0.1) is 0 Å². The summed E-state index contributed by atoms with van der Waals surface area (Å²) in [6, 6.07) is 16.7. The number of aryl methyl sites for hydroxylation is 1. The Kier molecular flexibility index (Phi) is 6.87. The van der Waals surface area contributed by atoms with Gasteiger partial charge >= 0.3 is 0 Å². The van der Waals surface area contributed by atoms with Crippen LogP contribution >= 0.6 is 11.8 Å². The monoisotopic (exact) mass is 432 g/mol. The lowest BCUT2D eigenvalue weighted by Gasteiger charge is -2.31. The van der Waals surface area contributed by atoms with E-state index in [1.165, 1.54) is 10.5 Å². The second kappa shape index (κ2) is 9.96. The molecule has 1 aliphatic rings. The van der Waals surface area contributed by atoms with E-state index in [0.717, 1.165) is 48.6 Å². The molecule has 0 spiro atoms. The molecule has 5 nitrogen and oxygen atoms in total. The SMILES string of the molecule is CSc1ccc(CNC(=O)C2CCN(c3ncc(-c4cccc(C)c4)cn3)CC2)cc1. The zero-order chi connectivity index (χ0) is 21.6. The number of benzene rings is 2. The summed E-state index contributed by atoms with van der Waals surface area (Å²) >= 11 is 1.72. The van der Waals surface area contributed by atoms with Crippen LogP contribution in [0.1, 0.15) is 24.0 Å². The molecule has 0 unspecified atom stereocenters. The number of piperidine rings is 1. The maximum absolute atomic E-state index is 12.6. The number of anilines is 1. The summed E-state index contributed by atoms with van der Waals surface area (Å²) in [4.78, 5) is 25.2. The van der Waals surface area contributed by atoms with E-state index in [2.05, 4.69) is 75.8 Å². The zero-order valence-electron chi connectivity index (χ0n) is 18.0. The standard InChI is InChI=1S/C25H28N4OS/c1-18-4-3-5-21(14-18)22-16-27-25(28-17-22)29-12-10-20(11-13-29)24(30)26-15-19-6-8-23(31-2)9-7-19/h3-9,14,16-17,20H,10-13,15H2,1-2H3,(H,26,30). The predicted molar refractivity (Wildman–Crippen MR) is 127 cm³/mol. The lowest BCUT2D eigenvalue weighted by atomic mass is 9.96. The Morgan fingerprint density at radius 2 is 1.77 bits per heavy atom. The van der Waals surface area contributed by atoms with Crippen LogP contribution in [0, 0.1) is 12.8 Å². The third kappa shape index (κ3) is 5.44. The van der Waals surface area contributed by atoms with Crippen molar-refractivity contribution in [2.24, 2.45) is 5.92 Å². The van der Waals surface area contributed by atoms with Crippen LogP contribution in [0.15, 0.2) is 65.8 Å². The Morgan fingerprint density at radius 3 is 2.42 bits per heavy atom. The Morgan fingerprint density at radius 1 is 1.06 bits per heavy atom. The summed E-state index contributed by atoms with van der Waals surface area (Å²) < 4.78 is 0. The van der Waals surface area contributed by atoms with Crippen molar-refractivity contribution in [2.75, 3.05) is 24.2 Å². The molecule has 0 atom stereocenters. The molecule has 1 aliphatic heterocycles. The average molecular weight is 433 g/mol. The minimum absolute atomic E-state index is 0.0493. The largest absolute Gasteiger partial charge is 0.352 e. The third-order valence-corrected chi connectivity index (χ3v) is 6.51. The molecule has 1 fully saturated rings. The summed E-state index contributed by atoms with van der Waals surface area (Å²) in [6.07, 6.45) is 7.48. The molecule has 2 aromatic carbocycles. The van der Waals surface area contributed by atoms with Gasteiger partial charge in [-0.3, -0.25) is 4.79 Å². The highest BCUT2D eigenvalue weighted by molar-refractivity contribution is 7.98. The van der Waals surface area contributed by atoms with Crippen LogP contribution in [-0.4, -0.2) is 35.2 Å². The Hall–Kier alpha value is -2.86. The highest BCUT2D eigenvalue weighted by Crippen LogP contribution is 2.24. The number of rotatable bonds is 6. The first kappa shape index (κ1) is 21.4. The molecule has 0 aliphatic carbocycles. The van der Waals surface area contributed by atoms with Crippen LogP contribution < -0.4 is 10.2 Å². The van der Waals surface area contributed by atoms with Crippen molar-refractivity contribution in [1.82, 2.24) is 15.3 Å². The molecule has 31 heavy (non-hydrogen) atoms. The fraction of sp³-hybridized carbons (Fsp3) is 0.320. The van der Waals surface area contributed by atoms with E-state index < -0.39 is 0 Å². The van der Waals surface area contributed by atoms with Crippen molar-refractivity contribution in [2.45, 2.75) is 31.2 Å². The molecule has 0 radical (unpaired) electrons. The van der Waals surface area contributed by atoms with Crippen molar-refractivity contribution in [3.8, 4) is 11.1 Å². The predicted octanol–water partition coefficient (Wildman–Crippen LogP) is 4.71. The summed E-state index contributed by atoms with van der Waals surface area (Å²) in [5.74, 6) is 0.932. The molecule has 0 bridgehead atoms. The lowest BCUT2D eigenvalue weighted by molar-refractivity contribution is -0.125. The molecule has 6 heteroatoms. The Bertz CT molecular complexity index is 1010. The van der Waals surface area contributed by atoms with Crippen LogP contribution in [0.5, 0.6) is 0 Å². The van der Waals surface area contributed by atoms with E-state index in [-0.39, 0.29) is 11.8 Å². The van der Waals surface area contributed by atoms with Crippen LogP contribution in [0.4, 0.5) is 5.95 Å². The Labute approximate surface area is 188 Å². The molecule has 2 heterocycles. The first-order chi connectivity index (χ1) is 15.1. The van der Waals surface area contributed by atoms with Gasteiger partial charge in [0.25, 0.3) is 0 Å². The molecule has 1 amide bonds. The number of carbonyl (C=O) groups is 1. The van der Waals surface area contributed by atoms with Gasteiger partial charge in [-0.2, -0.15) is 0 Å². The maximum atomic E-state index is 12.6. The number of amides is 1. The minimum atomic E-state index is 0.0493. The van der Waals surface area contributed by atoms with Crippen LogP contribution in [0.3, 0.4) is 0 Å². The summed E-state index contributed by atoms with van der Waals surface area (Å²) in [5, 5.41) is 3.10. The highest BCUT2D eigenvalue weighted by atomic mass is 32.2. The van der Waals surface area contributed by atoms with Gasteiger partial charge in [0.15, 0.2) is 0 Å². The molecule has 0 saturated carbocycles. The van der Waals surface area contributed by atoms with Crippen molar-refractivity contribution in [3.05, 3.63) is 72.1 Å². The van der Waals surface area contributed by atoms with Gasteiger partial charge in [-0.1, -0.05) is 42.0 Å². The van der Waals surface area contributed by atoms with Gasteiger partial charge in [0.2, 0.25) is 11.9 Å². The topological polar surface area (TPSA) is 58.1 Å². The van der Waals surface area contributed by atoms with Crippen molar-refractivity contribution < 1.29 is 4.79 Å². The van der Waals surface area contributed by atoms with E-state index in [1.807, 2.05) is 18.5 Å². The van der Waals surface area contributed by atoms with E-state index >= 15 is 0 Å². The van der Waals surface area contributed by atoms with E-state index in [9.17, 15) is 4.79 Å². The minimum Gasteiger partial charge on any atom is -0.352 e. The third-order valence-electron chi connectivity index (χ3n) is 5.76. The van der Waals surface area contributed by atoms with Gasteiger partial charge in [0.1, 0.15) is 0 Å². The van der Waals surface area contributed by atoms with Crippen molar-refractivity contribution >= 4 is 23.6 Å². The van der Waals surface area contributed by atoms with Gasteiger partial charge in [-0.25, -0.2) is 9.97 Å². The number of nitrogens with zero attached hydrogens (tertiary/aromatic N) is 3. The van der Waals surface area contributed by atoms with E-state index in [1.54, 1.807) is 11.8 Å². The van der Waals surface area contributed by atoms with Crippen LogP contribution in [0.25, 0.3) is 11.1 Å². The zero-order valence-corrected chi connectivity index (χ0v) is 18.9. The maximum Gasteiger partial charge on any atom is 0.225 e. The van der Waals surface area contributed by atoms with Gasteiger partial charge in [0, 0.05) is 48.4 Å². The van der Waals surface area contributed by atoms with Crippen molar-refractivity contribution in [1.29, 1.82) is 0 Å². The molecular formula is C25H28N4OS. The number of hydrogen-bond donors (Lipinski definition) is 1. The fourth-order valence-electron chi connectivity index (χ4n) is 3.88. The second-order valence-corrected chi connectivity index (χ2v) is 8.85. The average Bonchev–Trinajstić information content (AvgIpc) is 2.83. The Balaban J connectivity index is 1.28. The van der Waals surface area contributed by atoms with Gasteiger partial charge < -0.3 is 10.2 Å². The molecule has 160 valence electrons. The first-order valence-electron chi connectivity index (χ1n) is 10.7. The summed E-state index contributed by atoms with van der Waals surface area (Å²) in [6.45, 7) is 4.26. The number of hydrogen-bond acceptors (Lipinski definition) is 5. The van der Waals surface area contributed by atoms with E-state index in [0.29, 0.717) is 6.54 Å². The van der Waals surface area contributed by atoms with Crippen molar-refractivity contribution in [3.63, 3.8) is 0 Å². The number of nitrogens with one attached hydrogen (secondary N) is 1. The lowest BCUT2D eigenvalue weighted by Crippen LogP contribution is -2.41. The van der Waals surface area contributed by atoms with Gasteiger partial charge in [-0.15, -0.1) is 11.8 Å². The smallest absolute Gasteiger partial charge is 0.225 e. The molecule has 1 N–H and O–H groups in total. The highest BCUT2D eigenvalue weighted by Gasteiger charge is 2.26.